The van der Waals surface area contributed by atoms with E-state index in [0.717, 1.165) is 12.1 Å². The van der Waals surface area contributed by atoms with Crippen LogP contribution in [0.4, 0.5) is 4.79 Å². The summed E-state index contributed by atoms with van der Waals surface area (Å²) in [6, 6.07) is -0.171. The number of urea groups is 1. The molecule has 0 aromatic carbocycles. The number of thiazole rings is 1. The number of likely N-dealkylation sites (tertiary alicyclic amines) is 1. The van der Waals surface area contributed by atoms with Gasteiger partial charge >= 0.3 is 12.0 Å². The molecular weight excluding hydrogens is 290 g/mol. The standard InChI is InChI=1S/C14H21N3O3S/c1-9-5-11(13(18)19)7-17(6-9)14(20)15-4-3-12-10(2)16-8-21-12/h8-9,11H,3-7H2,1-2H3,(H,15,20)(H,18,19). The molecule has 2 atom stereocenters. The lowest BCUT2D eigenvalue weighted by Gasteiger charge is -2.34. The molecule has 2 heterocycles. The zero-order valence-corrected chi connectivity index (χ0v) is 13.2. The van der Waals surface area contributed by atoms with Crippen molar-refractivity contribution >= 4 is 23.3 Å². The molecule has 1 aliphatic heterocycles. The molecule has 1 saturated heterocycles. The van der Waals surface area contributed by atoms with Crippen LogP contribution in [-0.4, -0.2) is 46.6 Å². The fourth-order valence-corrected chi connectivity index (χ4v) is 3.44. The molecule has 2 rings (SSSR count). The predicted molar refractivity (Wildman–Crippen MR) is 80.4 cm³/mol. The number of hydrogen-bond acceptors (Lipinski definition) is 4. The van der Waals surface area contributed by atoms with E-state index in [1.54, 1.807) is 21.7 Å². The van der Waals surface area contributed by atoms with Gasteiger partial charge in [0, 0.05) is 30.9 Å². The summed E-state index contributed by atoms with van der Waals surface area (Å²) in [6.07, 6.45) is 1.40. The molecule has 21 heavy (non-hydrogen) atoms. The average molecular weight is 311 g/mol. The third kappa shape index (κ3) is 4.17. The third-order valence-electron chi connectivity index (χ3n) is 3.77. The summed E-state index contributed by atoms with van der Waals surface area (Å²) in [6.45, 7) is 5.40. The number of aryl methyl sites for hydroxylation is 1. The van der Waals surface area contributed by atoms with E-state index in [4.69, 9.17) is 5.11 Å². The summed E-state index contributed by atoms with van der Waals surface area (Å²) in [5, 5.41) is 12.0. The second-order valence-electron chi connectivity index (χ2n) is 5.62. The molecule has 1 aromatic rings. The quantitative estimate of drug-likeness (QED) is 0.887. The molecule has 2 N–H and O–H groups in total. The molecule has 2 unspecified atom stereocenters. The Morgan fingerprint density at radius 2 is 2.29 bits per heavy atom. The van der Waals surface area contributed by atoms with Gasteiger partial charge in [-0.05, 0) is 19.3 Å². The lowest BCUT2D eigenvalue weighted by molar-refractivity contribution is -0.143. The van der Waals surface area contributed by atoms with Gasteiger partial charge in [-0.1, -0.05) is 6.92 Å². The van der Waals surface area contributed by atoms with Gasteiger partial charge in [-0.25, -0.2) is 9.78 Å². The molecule has 2 amide bonds. The molecule has 116 valence electrons. The number of carbonyl (C=O) groups excluding carboxylic acids is 1. The van der Waals surface area contributed by atoms with Crippen molar-refractivity contribution in [2.24, 2.45) is 11.8 Å². The molecule has 0 saturated carbocycles. The first-order valence-electron chi connectivity index (χ1n) is 7.12. The number of hydrogen-bond donors (Lipinski definition) is 2. The Kier molecular flexibility index (Phi) is 5.17. The van der Waals surface area contributed by atoms with Crippen molar-refractivity contribution in [3.8, 4) is 0 Å². The normalized spacial score (nSPS) is 22.1. The van der Waals surface area contributed by atoms with Crippen LogP contribution in [0.1, 0.15) is 23.9 Å². The smallest absolute Gasteiger partial charge is 0.317 e. The Labute approximate surface area is 128 Å². The van der Waals surface area contributed by atoms with Crippen molar-refractivity contribution in [3.63, 3.8) is 0 Å². The number of rotatable bonds is 4. The molecule has 0 radical (unpaired) electrons. The summed E-state index contributed by atoms with van der Waals surface area (Å²) in [5.41, 5.74) is 2.81. The SMILES string of the molecule is Cc1ncsc1CCNC(=O)N1CC(C)CC(C(=O)O)C1. The van der Waals surface area contributed by atoms with Gasteiger partial charge in [0.2, 0.25) is 0 Å². The van der Waals surface area contributed by atoms with Gasteiger partial charge in [0.25, 0.3) is 0 Å². The molecule has 0 aliphatic carbocycles. The van der Waals surface area contributed by atoms with E-state index in [2.05, 4.69) is 10.3 Å². The monoisotopic (exact) mass is 311 g/mol. The minimum atomic E-state index is -0.820. The Balaban J connectivity index is 1.82. The minimum Gasteiger partial charge on any atom is -0.481 e. The molecule has 1 fully saturated rings. The fraction of sp³-hybridized carbons (Fsp3) is 0.643. The Hall–Kier alpha value is -1.63. The van der Waals surface area contributed by atoms with Crippen LogP contribution in [0.3, 0.4) is 0 Å². The van der Waals surface area contributed by atoms with Gasteiger partial charge in [-0.2, -0.15) is 0 Å². The van der Waals surface area contributed by atoms with E-state index < -0.39 is 11.9 Å². The lowest BCUT2D eigenvalue weighted by Crippen LogP contribution is -2.49. The fourth-order valence-electron chi connectivity index (χ4n) is 2.66. The number of carboxylic acids is 1. The largest absolute Gasteiger partial charge is 0.481 e. The summed E-state index contributed by atoms with van der Waals surface area (Å²) in [7, 11) is 0. The molecule has 6 nitrogen and oxygen atoms in total. The van der Waals surface area contributed by atoms with E-state index in [1.165, 1.54) is 4.88 Å². The number of carbonyl (C=O) groups is 2. The van der Waals surface area contributed by atoms with Gasteiger partial charge in [-0.3, -0.25) is 4.79 Å². The Morgan fingerprint density at radius 3 is 2.90 bits per heavy atom. The number of piperidine rings is 1. The van der Waals surface area contributed by atoms with Crippen LogP contribution < -0.4 is 5.32 Å². The highest BCUT2D eigenvalue weighted by atomic mass is 32.1. The van der Waals surface area contributed by atoms with E-state index in [9.17, 15) is 9.59 Å². The Bertz CT molecular complexity index is 517. The molecule has 1 aliphatic rings. The summed E-state index contributed by atoms with van der Waals surface area (Å²) < 4.78 is 0. The summed E-state index contributed by atoms with van der Waals surface area (Å²) in [5.74, 6) is -1.06. The highest BCUT2D eigenvalue weighted by molar-refractivity contribution is 7.09. The van der Waals surface area contributed by atoms with Gasteiger partial charge in [0.15, 0.2) is 0 Å². The highest BCUT2D eigenvalue weighted by Gasteiger charge is 2.31. The van der Waals surface area contributed by atoms with E-state index >= 15 is 0 Å². The molecule has 7 heteroatoms. The molecule has 0 spiro atoms. The maximum atomic E-state index is 12.1. The third-order valence-corrected chi connectivity index (χ3v) is 4.76. The van der Waals surface area contributed by atoms with Gasteiger partial charge in [-0.15, -0.1) is 11.3 Å². The van der Waals surface area contributed by atoms with Crippen molar-refractivity contribution in [1.82, 2.24) is 15.2 Å². The van der Waals surface area contributed by atoms with Crippen LogP contribution in [0, 0.1) is 18.8 Å². The number of aromatic nitrogens is 1. The van der Waals surface area contributed by atoms with E-state index in [-0.39, 0.29) is 11.9 Å². The van der Waals surface area contributed by atoms with Gasteiger partial charge < -0.3 is 15.3 Å². The van der Waals surface area contributed by atoms with Crippen molar-refractivity contribution in [3.05, 3.63) is 16.1 Å². The van der Waals surface area contributed by atoms with Crippen LogP contribution in [0.25, 0.3) is 0 Å². The maximum Gasteiger partial charge on any atom is 0.317 e. The number of nitrogens with one attached hydrogen (secondary N) is 1. The van der Waals surface area contributed by atoms with Crippen LogP contribution >= 0.6 is 11.3 Å². The van der Waals surface area contributed by atoms with Gasteiger partial charge in [0.1, 0.15) is 0 Å². The summed E-state index contributed by atoms with van der Waals surface area (Å²) >= 11 is 1.59. The van der Waals surface area contributed by atoms with Crippen LogP contribution in [0.2, 0.25) is 0 Å². The average Bonchev–Trinajstić information content (AvgIpc) is 2.83. The van der Waals surface area contributed by atoms with Crippen LogP contribution in [0.15, 0.2) is 5.51 Å². The highest BCUT2D eigenvalue weighted by Crippen LogP contribution is 2.21. The number of aliphatic carboxylic acids is 1. The van der Waals surface area contributed by atoms with E-state index in [0.29, 0.717) is 26.1 Å². The molecular formula is C14H21N3O3S. The second kappa shape index (κ2) is 6.89. The lowest BCUT2D eigenvalue weighted by atomic mass is 9.91. The van der Waals surface area contributed by atoms with Crippen molar-refractivity contribution in [2.45, 2.75) is 26.7 Å². The summed E-state index contributed by atoms with van der Waals surface area (Å²) in [4.78, 5) is 30.2. The Morgan fingerprint density at radius 1 is 1.52 bits per heavy atom. The zero-order chi connectivity index (χ0) is 15.4. The first-order chi connectivity index (χ1) is 9.97. The molecule has 1 aromatic heterocycles. The van der Waals surface area contributed by atoms with Crippen LogP contribution in [-0.2, 0) is 11.2 Å². The maximum absolute atomic E-state index is 12.1. The number of amides is 2. The number of nitrogens with zero attached hydrogens (tertiary/aromatic N) is 2. The minimum absolute atomic E-state index is 0.171. The van der Waals surface area contributed by atoms with Crippen molar-refractivity contribution in [1.29, 1.82) is 0 Å². The second-order valence-corrected chi connectivity index (χ2v) is 6.56. The van der Waals surface area contributed by atoms with E-state index in [1.807, 2.05) is 13.8 Å². The van der Waals surface area contributed by atoms with Crippen molar-refractivity contribution in [2.75, 3.05) is 19.6 Å². The number of carboxylic acid groups (broad SMARTS) is 1. The first kappa shape index (κ1) is 15.8. The first-order valence-corrected chi connectivity index (χ1v) is 8.00. The zero-order valence-electron chi connectivity index (χ0n) is 12.3. The van der Waals surface area contributed by atoms with Crippen LogP contribution in [0.5, 0.6) is 0 Å². The topological polar surface area (TPSA) is 82.5 Å². The predicted octanol–water partition coefficient (Wildman–Crippen LogP) is 1.75. The van der Waals surface area contributed by atoms with Gasteiger partial charge in [0.05, 0.1) is 17.1 Å². The molecule has 0 bridgehead atoms. The van der Waals surface area contributed by atoms with Crippen molar-refractivity contribution < 1.29 is 14.7 Å².